The fourth-order valence-corrected chi connectivity index (χ4v) is 2.80. The van der Waals surface area contributed by atoms with E-state index in [0.29, 0.717) is 15.6 Å². The van der Waals surface area contributed by atoms with Crippen LogP contribution >= 0.6 is 15.9 Å². The number of carbonyl (C=O) groups excluding carboxylic acids is 1. The Labute approximate surface area is 129 Å². The van der Waals surface area contributed by atoms with E-state index in [9.17, 15) is 9.18 Å². The van der Waals surface area contributed by atoms with Gasteiger partial charge in [-0.1, -0.05) is 42.5 Å². The smallest absolute Gasteiger partial charge is 0.194 e. The normalized spacial score (nSPS) is 10.8. The van der Waals surface area contributed by atoms with Gasteiger partial charge in [0.05, 0.1) is 5.69 Å². The van der Waals surface area contributed by atoms with E-state index in [1.54, 1.807) is 6.07 Å². The highest BCUT2D eigenvalue weighted by atomic mass is 79.9. The lowest BCUT2D eigenvalue weighted by molar-refractivity contribution is 0.103. The van der Waals surface area contributed by atoms with Crippen molar-refractivity contribution in [1.29, 1.82) is 0 Å². The summed E-state index contributed by atoms with van der Waals surface area (Å²) < 4.78 is 13.8. The molecule has 2 N–H and O–H groups in total. The van der Waals surface area contributed by atoms with E-state index in [1.165, 1.54) is 12.1 Å². The lowest BCUT2D eigenvalue weighted by atomic mass is 9.97. The van der Waals surface area contributed by atoms with Crippen molar-refractivity contribution in [3.8, 4) is 0 Å². The van der Waals surface area contributed by atoms with Crippen LogP contribution in [-0.4, -0.2) is 5.78 Å². The van der Waals surface area contributed by atoms with Gasteiger partial charge in [0.15, 0.2) is 5.78 Å². The zero-order valence-corrected chi connectivity index (χ0v) is 12.5. The maximum atomic E-state index is 13.4. The minimum absolute atomic E-state index is 0.0400. The molecule has 0 aliphatic heterocycles. The number of benzene rings is 3. The number of hydrogen-bond donors (Lipinski definition) is 1. The van der Waals surface area contributed by atoms with Crippen LogP contribution in [0, 0.1) is 5.82 Å². The van der Waals surface area contributed by atoms with E-state index < -0.39 is 5.82 Å². The average Bonchev–Trinajstić information content (AvgIpc) is 2.49. The Morgan fingerprint density at radius 3 is 2.52 bits per heavy atom. The fraction of sp³-hybridized carbons (Fsp3) is 0. The Morgan fingerprint density at radius 1 is 1.00 bits per heavy atom. The lowest BCUT2D eigenvalue weighted by Gasteiger charge is -2.09. The predicted octanol–water partition coefficient (Wildman–Crippen LogP) is 4.55. The van der Waals surface area contributed by atoms with Crippen molar-refractivity contribution >= 4 is 38.2 Å². The number of ketones is 1. The lowest BCUT2D eigenvalue weighted by Crippen LogP contribution is -2.05. The molecule has 3 rings (SSSR count). The standard InChI is InChI=1S/C17H11BrFNO/c18-14-9-15(19)16(20)8-13(14)17(21)12-7-3-5-10-4-1-2-6-11(10)12/h1-9H,20H2. The summed E-state index contributed by atoms with van der Waals surface area (Å²) in [5.41, 5.74) is 6.45. The van der Waals surface area contributed by atoms with Gasteiger partial charge in [0, 0.05) is 15.6 Å². The molecule has 0 saturated carbocycles. The Kier molecular flexibility index (Phi) is 3.47. The van der Waals surface area contributed by atoms with E-state index in [1.807, 2.05) is 36.4 Å². The van der Waals surface area contributed by atoms with Crippen LogP contribution in [-0.2, 0) is 0 Å². The van der Waals surface area contributed by atoms with Gasteiger partial charge in [-0.3, -0.25) is 4.79 Å². The molecule has 104 valence electrons. The molecule has 2 nitrogen and oxygen atoms in total. The molecule has 0 saturated heterocycles. The number of fused-ring (bicyclic) bond motifs is 1. The second-order valence-electron chi connectivity index (χ2n) is 4.71. The van der Waals surface area contributed by atoms with E-state index >= 15 is 0 Å². The van der Waals surface area contributed by atoms with Gasteiger partial charge in [0.1, 0.15) is 5.82 Å². The predicted molar refractivity (Wildman–Crippen MR) is 85.9 cm³/mol. The number of anilines is 1. The third kappa shape index (κ3) is 2.43. The highest BCUT2D eigenvalue weighted by molar-refractivity contribution is 9.10. The van der Waals surface area contributed by atoms with Crippen molar-refractivity contribution in [2.24, 2.45) is 0 Å². The molecule has 0 unspecified atom stereocenters. The molecule has 0 aliphatic rings. The molecule has 0 atom stereocenters. The maximum Gasteiger partial charge on any atom is 0.194 e. The largest absolute Gasteiger partial charge is 0.396 e. The Morgan fingerprint density at radius 2 is 1.71 bits per heavy atom. The molecule has 3 aromatic rings. The van der Waals surface area contributed by atoms with E-state index in [4.69, 9.17) is 5.73 Å². The molecule has 0 heterocycles. The summed E-state index contributed by atoms with van der Waals surface area (Å²) in [7, 11) is 0. The molecular formula is C17H11BrFNO. The first-order valence-corrected chi connectivity index (χ1v) is 7.14. The number of nitrogen functional groups attached to an aromatic ring is 1. The third-order valence-corrected chi connectivity index (χ3v) is 4.02. The highest BCUT2D eigenvalue weighted by Crippen LogP contribution is 2.28. The first kappa shape index (κ1) is 13.8. The molecule has 0 amide bonds. The number of halogens is 2. The van der Waals surface area contributed by atoms with Gasteiger partial charge >= 0.3 is 0 Å². The summed E-state index contributed by atoms with van der Waals surface area (Å²) >= 11 is 3.23. The van der Waals surface area contributed by atoms with Crippen LogP contribution in [0.25, 0.3) is 10.8 Å². The van der Waals surface area contributed by atoms with Gasteiger partial charge in [0.25, 0.3) is 0 Å². The Balaban J connectivity index is 2.20. The van der Waals surface area contributed by atoms with Crippen molar-refractivity contribution in [2.75, 3.05) is 5.73 Å². The van der Waals surface area contributed by atoms with Crippen LogP contribution in [0.4, 0.5) is 10.1 Å². The number of rotatable bonds is 2. The van der Waals surface area contributed by atoms with E-state index in [0.717, 1.165) is 10.8 Å². The quantitative estimate of drug-likeness (QED) is 0.547. The van der Waals surface area contributed by atoms with Crippen molar-refractivity contribution in [3.05, 3.63) is 76.0 Å². The van der Waals surface area contributed by atoms with Gasteiger partial charge in [0.2, 0.25) is 0 Å². The van der Waals surface area contributed by atoms with Gasteiger partial charge in [-0.05, 0) is 38.8 Å². The summed E-state index contributed by atoms with van der Waals surface area (Å²) in [6.07, 6.45) is 0. The van der Waals surface area contributed by atoms with Crippen molar-refractivity contribution in [3.63, 3.8) is 0 Å². The topological polar surface area (TPSA) is 43.1 Å². The van der Waals surface area contributed by atoms with Crippen molar-refractivity contribution < 1.29 is 9.18 Å². The molecule has 3 aromatic carbocycles. The van der Waals surface area contributed by atoms with Crippen LogP contribution in [0.15, 0.2) is 59.1 Å². The molecule has 21 heavy (non-hydrogen) atoms. The first-order chi connectivity index (χ1) is 10.1. The second-order valence-corrected chi connectivity index (χ2v) is 5.56. The first-order valence-electron chi connectivity index (χ1n) is 6.35. The van der Waals surface area contributed by atoms with E-state index in [2.05, 4.69) is 15.9 Å². The fourth-order valence-electron chi connectivity index (χ4n) is 2.31. The van der Waals surface area contributed by atoms with Crippen LogP contribution in [0.3, 0.4) is 0 Å². The minimum atomic E-state index is -0.545. The molecular weight excluding hydrogens is 333 g/mol. The zero-order valence-electron chi connectivity index (χ0n) is 10.9. The summed E-state index contributed by atoms with van der Waals surface area (Å²) in [5.74, 6) is -0.735. The van der Waals surface area contributed by atoms with Gasteiger partial charge < -0.3 is 5.73 Å². The molecule has 0 aliphatic carbocycles. The SMILES string of the molecule is Nc1cc(C(=O)c2cccc3ccccc23)c(Br)cc1F. The van der Waals surface area contributed by atoms with Crippen LogP contribution in [0.1, 0.15) is 15.9 Å². The number of carbonyl (C=O) groups is 1. The highest BCUT2D eigenvalue weighted by Gasteiger charge is 2.17. The van der Waals surface area contributed by atoms with Crippen molar-refractivity contribution in [1.82, 2.24) is 0 Å². The van der Waals surface area contributed by atoms with Gasteiger partial charge in [-0.25, -0.2) is 4.39 Å². The molecule has 0 spiro atoms. The Bertz CT molecular complexity index is 855. The second kappa shape index (κ2) is 5.30. The molecule has 0 radical (unpaired) electrons. The number of hydrogen-bond acceptors (Lipinski definition) is 2. The van der Waals surface area contributed by atoms with Gasteiger partial charge in [-0.15, -0.1) is 0 Å². The van der Waals surface area contributed by atoms with Crippen LogP contribution in [0.5, 0.6) is 0 Å². The Hall–Kier alpha value is -2.20. The van der Waals surface area contributed by atoms with Crippen LogP contribution in [0.2, 0.25) is 0 Å². The van der Waals surface area contributed by atoms with Crippen LogP contribution < -0.4 is 5.73 Å². The number of nitrogens with two attached hydrogens (primary N) is 1. The summed E-state index contributed by atoms with van der Waals surface area (Å²) in [6.45, 7) is 0. The molecule has 0 bridgehead atoms. The summed E-state index contributed by atoms with van der Waals surface area (Å²) in [5, 5.41) is 1.84. The summed E-state index contributed by atoms with van der Waals surface area (Å²) in [6, 6.07) is 15.8. The molecule has 0 aromatic heterocycles. The minimum Gasteiger partial charge on any atom is -0.396 e. The third-order valence-electron chi connectivity index (χ3n) is 3.37. The average molecular weight is 344 g/mol. The van der Waals surface area contributed by atoms with Crippen molar-refractivity contribution in [2.45, 2.75) is 0 Å². The molecule has 4 heteroatoms. The zero-order chi connectivity index (χ0) is 15.0. The summed E-state index contributed by atoms with van der Waals surface area (Å²) in [4.78, 5) is 12.7. The maximum absolute atomic E-state index is 13.4. The van der Waals surface area contributed by atoms with Gasteiger partial charge in [-0.2, -0.15) is 0 Å². The molecule has 0 fully saturated rings. The van der Waals surface area contributed by atoms with E-state index in [-0.39, 0.29) is 11.5 Å². The monoisotopic (exact) mass is 343 g/mol.